The molecule has 0 saturated carbocycles. The summed E-state index contributed by atoms with van der Waals surface area (Å²) in [4.78, 5) is 21.7. The summed E-state index contributed by atoms with van der Waals surface area (Å²) in [7, 11) is -3.56. The Hall–Kier alpha value is -2.21. The van der Waals surface area contributed by atoms with E-state index in [0.29, 0.717) is 45.8 Å². The Morgan fingerprint density at radius 1 is 1.21 bits per heavy atom. The monoisotopic (exact) mass is 450 g/mol. The van der Waals surface area contributed by atoms with Gasteiger partial charge < -0.3 is 4.42 Å². The van der Waals surface area contributed by atoms with Gasteiger partial charge >= 0.3 is 0 Å². The molecule has 0 amide bonds. The smallest absolute Gasteiger partial charge is 0.258 e. The van der Waals surface area contributed by atoms with Crippen LogP contribution in [0.25, 0.3) is 16.1 Å². The first-order valence-corrected chi connectivity index (χ1v) is 12.2. The van der Waals surface area contributed by atoms with Gasteiger partial charge in [0.1, 0.15) is 5.52 Å². The minimum atomic E-state index is -3.56. The van der Waals surface area contributed by atoms with Crippen molar-refractivity contribution in [2.45, 2.75) is 29.7 Å². The van der Waals surface area contributed by atoms with Crippen molar-refractivity contribution < 1.29 is 12.8 Å². The van der Waals surface area contributed by atoms with Gasteiger partial charge in [-0.25, -0.2) is 18.4 Å². The van der Waals surface area contributed by atoms with Crippen LogP contribution in [0.5, 0.6) is 0 Å². The number of nitrogens with zero attached hydrogens (tertiary/aromatic N) is 4. The van der Waals surface area contributed by atoms with E-state index in [2.05, 4.69) is 9.97 Å². The molecule has 3 heterocycles. The van der Waals surface area contributed by atoms with Gasteiger partial charge in [0.25, 0.3) is 10.8 Å². The van der Waals surface area contributed by atoms with Gasteiger partial charge in [0, 0.05) is 36.5 Å². The third-order valence-corrected chi connectivity index (χ3v) is 8.05. The lowest BCUT2D eigenvalue weighted by molar-refractivity contribution is 0.445. The lowest BCUT2D eigenvalue weighted by atomic mass is 10.3. The van der Waals surface area contributed by atoms with Gasteiger partial charge in [-0.2, -0.15) is 4.31 Å². The number of aromatic nitrogens is 3. The molecule has 0 aliphatic heterocycles. The largest absolute Gasteiger partial charge is 0.431 e. The number of thiazole rings is 1. The van der Waals surface area contributed by atoms with Gasteiger partial charge in [-0.05, 0) is 18.2 Å². The van der Waals surface area contributed by atoms with Crippen LogP contribution in [-0.2, 0) is 15.8 Å². The van der Waals surface area contributed by atoms with E-state index in [9.17, 15) is 13.2 Å². The van der Waals surface area contributed by atoms with Gasteiger partial charge in [-0.15, -0.1) is 11.3 Å². The fraction of sp³-hybridized carbons (Fsp3) is 0.278. The van der Waals surface area contributed by atoms with Gasteiger partial charge in [0.2, 0.25) is 10.0 Å². The fourth-order valence-electron chi connectivity index (χ4n) is 2.92. The zero-order valence-electron chi connectivity index (χ0n) is 15.7. The Bertz CT molecular complexity index is 1340. The molecule has 0 atom stereocenters. The summed E-state index contributed by atoms with van der Waals surface area (Å²) in [6.45, 7) is 4.41. The van der Waals surface area contributed by atoms with Crippen LogP contribution in [0.3, 0.4) is 0 Å². The summed E-state index contributed by atoms with van der Waals surface area (Å²) >= 11 is 2.70. The summed E-state index contributed by atoms with van der Waals surface area (Å²) in [5, 5.41) is 2.20. The molecule has 11 heteroatoms. The first-order valence-electron chi connectivity index (χ1n) is 8.91. The van der Waals surface area contributed by atoms with Crippen molar-refractivity contribution in [3.05, 3.63) is 51.9 Å². The first-order chi connectivity index (χ1) is 13.9. The van der Waals surface area contributed by atoms with E-state index in [0.717, 1.165) is 0 Å². The highest BCUT2D eigenvalue weighted by molar-refractivity contribution is 7.98. The van der Waals surface area contributed by atoms with Crippen LogP contribution in [0, 0.1) is 0 Å². The molecular formula is C18H18N4O4S3. The Morgan fingerprint density at radius 3 is 2.76 bits per heavy atom. The Labute approximate surface area is 175 Å². The molecule has 8 nitrogen and oxygen atoms in total. The van der Waals surface area contributed by atoms with E-state index >= 15 is 0 Å². The fourth-order valence-corrected chi connectivity index (χ4v) is 5.87. The summed E-state index contributed by atoms with van der Waals surface area (Å²) < 4.78 is 34.0. The van der Waals surface area contributed by atoms with E-state index in [1.165, 1.54) is 50.0 Å². The minimum absolute atomic E-state index is 0.129. The number of oxazole rings is 1. The predicted molar refractivity (Wildman–Crippen MR) is 113 cm³/mol. The van der Waals surface area contributed by atoms with Crippen molar-refractivity contribution in [2.75, 3.05) is 13.1 Å². The molecule has 0 spiro atoms. The number of benzene rings is 1. The average molecular weight is 451 g/mol. The van der Waals surface area contributed by atoms with Crippen molar-refractivity contribution in [1.82, 2.24) is 18.7 Å². The molecule has 3 aromatic heterocycles. The molecule has 4 rings (SSSR count). The summed E-state index contributed by atoms with van der Waals surface area (Å²) in [5.74, 6) is 0.418. The molecule has 0 fully saturated rings. The summed E-state index contributed by atoms with van der Waals surface area (Å²) in [6.07, 6.45) is 1.69. The number of fused-ring (bicyclic) bond motifs is 2. The van der Waals surface area contributed by atoms with Crippen LogP contribution in [0.2, 0.25) is 0 Å². The Balaban J connectivity index is 1.58. The van der Waals surface area contributed by atoms with Crippen LogP contribution in [-0.4, -0.2) is 40.2 Å². The van der Waals surface area contributed by atoms with E-state index in [4.69, 9.17) is 4.42 Å². The Morgan fingerprint density at radius 2 is 2.00 bits per heavy atom. The quantitative estimate of drug-likeness (QED) is 0.399. The van der Waals surface area contributed by atoms with Crippen LogP contribution < -0.4 is 5.56 Å². The number of rotatable bonds is 7. The highest BCUT2D eigenvalue weighted by Crippen LogP contribution is 2.28. The van der Waals surface area contributed by atoms with Crippen LogP contribution >= 0.6 is 23.1 Å². The second kappa shape index (κ2) is 7.90. The normalized spacial score (nSPS) is 12.4. The van der Waals surface area contributed by atoms with Crippen molar-refractivity contribution in [1.29, 1.82) is 0 Å². The van der Waals surface area contributed by atoms with E-state index in [1.807, 2.05) is 5.38 Å². The molecule has 4 aromatic rings. The number of thioether (sulfide) groups is 1. The van der Waals surface area contributed by atoms with Crippen LogP contribution in [0.15, 0.2) is 55.2 Å². The van der Waals surface area contributed by atoms with Crippen molar-refractivity contribution >= 4 is 49.2 Å². The molecule has 29 heavy (non-hydrogen) atoms. The van der Waals surface area contributed by atoms with Crippen LogP contribution in [0.1, 0.15) is 19.5 Å². The summed E-state index contributed by atoms with van der Waals surface area (Å²) in [5.41, 5.74) is 1.49. The molecule has 0 unspecified atom stereocenters. The highest BCUT2D eigenvalue weighted by Gasteiger charge is 2.22. The second-order valence-electron chi connectivity index (χ2n) is 6.13. The van der Waals surface area contributed by atoms with Crippen molar-refractivity contribution in [3.8, 4) is 0 Å². The van der Waals surface area contributed by atoms with Gasteiger partial charge in [0.05, 0.1) is 10.6 Å². The SMILES string of the molecule is CCN(CC)S(=O)(=O)c1ccc2oc(SCc3cc(=O)n4ccsc4n3)nc2c1. The third kappa shape index (κ3) is 3.82. The topological polar surface area (TPSA) is 97.8 Å². The molecular weight excluding hydrogens is 432 g/mol. The molecule has 0 saturated heterocycles. The number of hydrogen-bond donors (Lipinski definition) is 0. The Kier molecular flexibility index (Phi) is 5.47. The van der Waals surface area contributed by atoms with E-state index < -0.39 is 10.0 Å². The van der Waals surface area contributed by atoms with E-state index in [-0.39, 0.29) is 10.5 Å². The first kappa shape index (κ1) is 20.1. The zero-order chi connectivity index (χ0) is 20.6. The highest BCUT2D eigenvalue weighted by atomic mass is 32.2. The molecule has 0 aliphatic rings. The molecule has 152 valence electrons. The minimum Gasteiger partial charge on any atom is -0.431 e. The van der Waals surface area contributed by atoms with Gasteiger partial charge in [-0.1, -0.05) is 25.6 Å². The molecule has 0 bridgehead atoms. The van der Waals surface area contributed by atoms with Crippen molar-refractivity contribution in [2.24, 2.45) is 0 Å². The third-order valence-electron chi connectivity index (χ3n) is 4.38. The maximum Gasteiger partial charge on any atom is 0.258 e. The van der Waals surface area contributed by atoms with E-state index in [1.54, 1.807) is 26.1 Å². The standard InChI is InChI=1S/C18H18N4O4S3/c1-3-21(4-2)29(24,25)13-5-6-15-14(10-13)20-18(26-15)28-11-12-9-16(23)22-7-8-27-17(22)19-12/h5-10H,3-4,11H2,1-2H3. The molecule has 0 radical (unpaired) electrons. The van der Waals surface area contributed by atoms with Crippen molar-refractivity contribution in [3.63, 3.8) is 0 Å². The average Bonchev–Trinajstić information content (AvgIpc) is 3.33. The molecule has 0 N–H and O–H groups in total. The lowest BCUT2D eigenvalue weighted by Gasteiger charge is -2.18. The number of hydrogen-bond acceptors (Lipinski definition) is 8. The lowest BCUT2D eigenvalue weighted by Crippen LogP contribution is -2.30. The van der Waals surface area contributed by atoms with Gasteiger partial charge in [-0.3, -0.25) is 9.20 Å². The second-order valence-corrected chi connectivity index (χ2v) is 9.87. The maximum absolute atomic E-state index is 12.7. The summed E-state index contributed by atoms with van der Waals surface area (Å²) in [6, 6.07) is 6.16. The maximum atomic E-state index is 12.7. The zero-order valence-corrected chi connectivity index (χ0v) is 18.2. The van der Waals surface area contributed by atoms with Gasteiger partial charge in [0.15, 0.2) is 10.5 Å². The molecule has 1 aromatic carbocycles. The van der Waals surface area contributed by atoms with Crippen LogP contribution in [0.4, 0.5) is 0 Å². The number of sulfonamides is 1. The predicted octanol–water partition coefficient (Wildman–Crippen LogP) is 3.22. The molecule has 0 aliphatic carbocycles.